The second kappa shape index (κ2) is 9.87. The molecule has 0 aliphatic carbocycles. The van der Waals surface area contributed by atoms with E-state index in [9.17, 15) is 4.79 Å². The molecule has 8 heteroatoms. The van der Waals surface area contributed by atoms with Crippen molar-refractivity contribution >= 4 is 23.4 Å². The molecule has 0 fully saturated rings. The molecule has 31 heavy (non-hydrogen) atoms. The monoisotopic (exact) mass is 439 g/mol. The highest BCUT2D eigenvalue weighted by Gasteiger charge is 2.15. The number of hydrogen-bond donors (Lipinski definition) is 2. The van der Waals surface area contributed by atoms with Gasteiger partial charge in [0.15, 0.2) is 5.82 Å². The fourth-order valence-electron chi connectivity index (χ4n) is 3.26. The largest absolute Gasteiger partial charge is 0.485 e. The van der Waals surface area contributed by atoms with Crippen LogP contribution in [0.25, 0.3) is 0 Å². The summed E-state index contributed by atoms with van der Waals surface area (Å²) < 4.78 is 7.37. The lowest BCUT2D eigenvalue weighted by atomic mass is 10.0. The molecule has 0 aliphatic rings. The highest BCUT2D eigenvalue weighted by Crippen LogP contribution is 2.28. The normalized spacial score (nSPS) is 11.0. The Kier molecular flexibility index (Phi) is 7.22. The summed E-state index contributed by atoms with van der Waals surface area (Å²) in [6.07, 6.45) is 0. The van der Waals surface area contributed by atoms with E-state index >= 15 is 0 Å². The number of carbonyl (C=O) groups excluding carboxylic acids is 1. The zero-order chi connectivity index (χ0) is 22.5. The summed E-state index contributed by atoms with van der Waals surface area (Å²) in [6.45, 7) is 10.5. The molecule has 7 nitrogen and oxygen atoms in total. The number of rotatable bonds is 8. The number of carbonyl (C=O) groups is 1. The number of amides is 1. The second-order valence-corrected chi connectivity index (χ2v) is 8.91. The topological polar surface area (TPSA) is 95.1 Å². The molecular weight excluding hydrogens is 410 g/mol. The van der Waals surface area contributed by atoms with Crippen LogP contribution in [0.2, 0.25) is 0 Å². The van der Waals surface area contributed by atoms with E-state index in [-0.39, 0.29) is 18.3 Å². The minimum atomic E-state index is -0.128. The first kappa shape index (κ1) is 22.7. The maximum Gasteiger partial charge on any atom is 0.234 e. The van der Waals surface area contributed by atoms with Crippen molar-refractivity contribution in [2.24, 2.45) is 0 Å². The Hall–Kier alpha value is -3.00. The molecule has 0 spiro atoms. The van der Waals surface area contributed by atoms with Crippen LogP contribution in [0.5, 0.6) is 5.75 Å². The van der Waals surface area contributed by atoms with Gasteiger partial charge in [0.1, 0.15) is 12.4 Å². The maximum atomic E-state index is 12.3. The summed E-state index contributed by atoms with van der Waals surface area (Å²) in [5, 5.41) is 11.6. The Bertz CT molecular complexity index is 1060. The smallest absolute Gasteiger partial charge is 0.234 e. The van der Waals surface area contributed by atoms with Crippen molar-refractivity contribution in [1.29, 1.82) is 0 Å². The predicted molar refractivity (Wildman–Crippen MR) is 125 cm³/mol. The third-order valence-corrected chi connectivity index (χ3v) is 5.66. The number of nitrogens with one attached hydrogen (secondary N) is 1. The summed E-state index contributed by atoms with van der Waals surface area (Å²) in [6, 6.07) is 12.1. The van der Waals surface area contributed by atoms with Gasteiger partial charge in [0.25, 0.3) is 0 Å². The van der Waals surface area contributed by atoms with Gasteiger partial charge in [-0.05, 0) is 67.1 Å². The number of ether oxygens (including phenoxy) is 1. The number of nitrogen functional groups attached to an aromatic ring is 1. The summed E-state index contributed by atoms with van der Waals surface area (Å²) in [4.78, 5) is 12.3. The first-order valence-corrected chi connectivity index (χ1v) is 11.1. The standard InChI is InChI=1S/C23H29N5O2S/c1-14(2)19-7-6-15(3)11-20(19)30-12-21-26-27-23(28(21)24)31-13-22(29)25-18-9-16(4)8-17(5)10-18/h6-11,14H,12-13,24H2,1-5H3,(H,25,29). The number of nitrogens with two attached hydrogens (primary N) is 1. The molecule has 1 amide bonds. The zero-order valence-electron chi connectivity index (χ0n) is 18.6. The molecule has 2 aromatic carbocycles. The molecule has 1 aromatic heterocycles. The van der Waals surface area contributed by atoms with Gasteiger partial charge < -0.3 is 15.9 Å². The first-order valence-electron chi connectivity index (χ1n) is 10.2. The van der Waals surface area contributed by atoms with E-state index in [0.717, 1.165) is 33.7 Å². The summed E-state index contributed by atoms with van der Waals surface area (Å²) in [7, 11) is 0. The lowest BCUT2D eigenvalue weighted by molar-refractivity contribution is -0.113. The number of aryl methyl sites for hydroxylation is 3. The van der Waals surface area contributed by atoms with Crippen LogP contribution >= 0.6 is 11.8 Å². The fourth-order valence-corrected chi connectivity index (χ4v) is 3.94. The number of hydrogen-bond acceptors (Lipinski definition) is 6. The van der Waals surface area contributed by atoms with Crippen molar-refractivity contribution in [3.05, 3.63) is 64.5 Å². The Morgan fingerprint density at radius 2 is 1.81 bits per heavy atom. The molecule has 0 unspecified atom stereocenters. The van der Waals surface area contributed by atoms with E-state index in [2.05, 4.69) is 47.6 Å². The van der Waals surface area contributed by atoms with Gasteiger partial charge in [-0.1, -0.05) is 43.8 Å². The van der Waals surface area contributed by atoms with Gasteiger partial charge in [-0.15, -0.1) is 10.2 Å². The van der Waals surface area contributed by atoms with Gasteiger partial charge in [0.05, 0.1) is 5.75 Å². The van der Waals surface area contributed by atoms with Crippen molar-refractivity contribution < 1.29 is 9.53 Å². The summed E-state index contributed by atoms with van der Waals surface area (Å²) in [5.41, 5.74) is 5.24. The number of anilines is 1. The first-order chi connectivity index (χ1) is 14.7. The number of benzene rings is 2. The Morgan fingerprint density at radius 3 is 2.48 bits per heavy atom. The highest BCUT2D eigenvalue weighted by molar-refractivity contribution is 7.99. The molecule has 0 radical (unpaired) electrons. The lowest BCUT2D eigenvalue weighted by Gasteiger charge is -2.14. The van der Waals surface area contributed by atoms with Crippen LogP contribution in [0.3, 0.4) is 0 Å². The van der Waals surface area contributed by atoms with Crippen LogP contribution in [-0.4, -0.2) is 26.5 Å². The van der Waals surface area contributed by atoms with Crippen LogP contribution < -0.4 is 15.9 Å². The quantitative estimate of drug-likeness (QED) is 0.400. The molecule has 1 heterocycles. The minimum absolute atomic E-state index is 0.128. The summed E-state index contributed by atoms with van der Waals surface area (Å²) in [5.74, 6) is 7.84. The van der Waals surface area contributed by atoms with Gasteiger partial charge in [0.2, 0.25) is 11.1 Å². The van der Waals surface area contributed by atoms with Crippen LogP contribution in [0, 0.1) is 20.8 Å². The molecule has 0 atom stereocenters. The fraction of sp³-hybridized carbons (Fsp3) is 0.348. The van der Waals surface area contributed by atoms with Crippen LogP contribution in [0.1, 0.15) is 47.8 Å². The zero-order valence-corrected chi connectivity index (χ0v) is 19.4. The molecular formula is C23H29N5O2S. The second-order valence-electron chi connectivity index (χ2n) is 7.97. The average molecular weight is 440 g/mol. The Balaban J connectivity index is 1.59. The van der Waals surface area contributed by atoms with Crippen LogP contribution in [0.4, 0.5) is 5.69 Å². The molecule has 0 saturated heterocycles. The third kappa shape index (κ3) is 6.01. The van der Waals surface area contributed by atoms with E-state index in [1.165, 1.54) is 16.4 Å². The van der Waals surface area contributed by atoms with Crippen molar-refractivity contribution in [2.75, 3.05) is 16.9 Å². The van der Waals surface area contributed by atoms with Gasteiger partial charge in [-0.2, -0.15) is 0 Å². The molecule has 0 saturated carbocycles. The van der Waals surface area contributed by atoms with Crippen LogP contribution in [0.15, 0.2) is 41.6 Å². The van der Waals surface area contributed by atoms with Crippen molar-refractivity contribution in [3.63, 3.8) is 0 Å². The Labute approximate surface area is 187 Å². The van der Waals surface area contributed by atoms with Crippen LogP contribution in [-0.2, 0) is 11.4 Å². The third-order valence-electron chi connectivity index (χ3n) is 4.72. The van der Waals surface area contributed by atoms with E-state index in [1.54, 1.807) is 0 Å². The van der Waals surface area contributed by atoms with Crippen molar-refractivity contribution in [1.82, 2.24) is 14.9 Å². The summed E-state index contributed by atoms with van der Waals surface area (Å²) >= 11 is 1.23. The number of thioether (sulfide) groups is 1. The molecule has 3 rings (SSSR count). The van der Waals surface area contributed by atoms with Crippen molar-refractivity contribution in [3.8, 4) is 5.75 Å². The van der Waals surface area contributed by atoms with Gasteiger partial charge in [-0.25, -0.2) is 4.68 Å². The minimum Gasteiger partial charge on any atom is -0.485 e. The molecule has 0 bridgehead atoms. The molecule has 3 aromatic rings. The maximum absolute atomic E-state index is 12.3. The Morgan fingerprint density at radius 1 is 1.10 bits per heavy atom. The van der Waals surface area contributed by atoms with E-state index in [0.29, 0.717) is 16.9 Å². The predicted octanol–water partition coefficient (Wildman–Crippen LogP) is 4.35. The number of nitrogens with zero attached hydrogens (tertiary/aromatic N) is 3. The van der Waals surface area contributed by atoms with E-state index < -0.39 is 0 Å². The molecule has 164 valence electrons. The SMILES string of the molecule is Cc1cc(C)cc(NC(=O)CSc2nnc(COc3cc(C)ccc3C(C)C)n2N)c1. The van der Waals surface area contributed by atoms with Crippen molar-refractivity contribution in [2.45, 2.75) is 52.3 Å². The van der Waals surface area contributed by atoms with Gasteiger partial charge in [0, 0.05) is 5.69 Å². The van der Waals surface area contributed by atoms with Gasteiger partial charge >= 0.3 is 0 Å². The average Bonchev–Trinajstić information content (AvgIpc) is 3.03. The number of aromatic nitrogens is 3. The molecule has 3 N–H and O–H groups in total. The lowest BCUT2D eigenvalue weighted by Crippen LogP contribution is -2.18. The highest BCUT2D eigenvalue weighted by atomic mass is 32.2. The van der Waals surface area contributed by atoms with E-state index in [1.807, 2.05) is 39.0 Å². The van der Waals surface area contributed by atoms with Gasteiger partial charge in [-0.3, -0.25) is 4.79 Å². The van der Waals surface area contributed by atoms with E-state index in [4.69, 9.17) is 10.6 Å². The molecule has 0 aliphatic heterocycles.